The van der Waals surface area contributed by atoms with Gasteiger partial charge in [0, 0.05) is 10.5 Å². The van der Waals surface area contributed by atoms with E-state index in [1.807, 2.05) is 0 Å². The molecule has 0 radical (unpaired) electrons. The van der Waals surface area contributed by atoms with Gasteiger partial charge in [-0.1, -0.05) is 0 Å². The van der Waals surface area contributed by atoms with Crippen LogP contribution in [0.4, 0.5) is 8.78 Å². The first-order valence-corrected chi connectivity index (χ1v) is 4.55. The van der Waals surface area contributed by atoms with Crippen molar-refractivity contribution in [3.8, 4) is 0 Å². The maximum absolute atomic E-state index is 12.9. The molecule has 1 nitrogen and oxygen atoms in total. The number of aliphatic hydroxyl groups excluding tert-OH is 1. The van der Waals surface area contributed by atoms with E-state index < -0.39 is 18.2 Å². The summed E-state index contributed by atoms with van der Waals surface area (Å²) in [6, 6.07) is 2.51. The van der Waals surface area contributed by atoms with E-state index in [9.17, 15) is 8.78 Å². The van der Waals surface area contributed by atoms with Crippen LogP contribution in [0.25, 0.3) is 0 Å². The molecule has 0 unspecified atom stereocenters. The summed E-state index contributed by atoms with van der Waals surface area (Å²) in [7, 11) is 0. The fourth-order valence-electron chi connectivity index (χ4n) is 0.913. The van der Waals surface area contributed by atoms with Crippen molar-refractivity contribution in [2.45, 2.75) is 11.5 Å². The van der Waals surface area contributed by atoms with E-state index in [4.69, 9.17) is 5.11 Å². The van der Waals surface area contributed by atoms with Crippen molar-refractivity contribution in [2.75, 3.05) is 6.26 Å². The second-order valence-electron chi connectivity index (χ2n) is 2.20. The van der Waals surface area contributed by atoms with Crippen LogP contribution >= 0.6 is 11.8 Å². The molecular weight excluding hydrogens is 182 g/mol. The van der Waals surface area contributed by atoms with Gasteiger partial charge in [0.05, 0.1) is 6.61 Å². The third-order valence-electron chi connectivity index (χ3n) is 1.53. The molecule has 1 rings (SSSR count). The van der Waals surface area contributed by atoms with E-state index in [1.165, 1.54) is 17.8 Å². The Kier molecular flexibility index (Phi) is 3.05. The summed E-state index contributed by atoms with van der Waals surface area (Å²) in [5.74, 6) is -1.87. The summed E-state index contributed by atoms with van der Waals surface area (Å²) in [5, 5.41) is 8.73. The van der Waals surface area contributed by atoms with Crippen LogP contribution in [0.5, 0.6) is 0 Å². The number of hydrogen-bond acceptors (Lipinski definition) is 2. The lowest BCUT2D eigenvalue weighted by Gasteiger charge is -2.05. The largest absolute Gasteiger partial charge is 0.392 e. The first-order valence-electron chi connectivity index (χ1n) is 3.32. The third kappa shape index (κ3) is 1.59. The van der Waals surface area contributed by atoms with Crippen LogP contribution in [0, 0.1) is 11.6 Å². The molecule has 0 fully saturated rings. The standard InChI is InChI=1S/C8H8F2OS/c1-12-7-3-2-6(9)8(10)5(7)4-11/h2-3,11H,4H2,1H3. The maximum Gasteiger partial charge on any atom is 0.165 e. The van der Waals surface area contributed by atoms with Gasteiger partial charge >= 0.3 is 0 Å². The van der Waals surface area contributed by atoms with Gasteiger partial charge in [0.25, 0.3) is 0 Å². The van der Waals surface area contributed by atoms with E-state index in [1.54, 1.807) is 6.26 Å². The highest BCUT2D eigenvalue weighted by molar-refractivity contribution is 7.98. The molecule has 1 aromatic carbocycles. The zero-order valence-electron chi connectivity index (χ0n) is 6.47. The Labute approximate surface area is 73.4 Å². The van der Waals surface area contributed by atoms with Crippen molar-refractivity contribution in [3.63, 3.8) is 0 Å². The molecule has 1 N–H and O–H groups in total. The first kappa shape index (κ1) is 9.48. The number of halogens is 2. The summed E-state index contributed by atoms with van der Waals surface area (Å²) < 4.78 is 25.5. The lowest BCUT2D eigenvalue weighted by Crippen LogP contribution is -1.96. The Bertz CT molecular complexity index is 289. The van der Waals surface area contributed by atoms with E-state index in [2.05, 4.69) is 0 Å². The van der Waals surface area contributed by atoms with Crippen molar-refractivity contribution in [3.05, 3.63) is 29.3 Å². The molecule has 0 atom stereocenters. The smallest absolute Gasteiger partial charge is 0.165 e. The molecule has 0 heterocycles. The molecule has 66 valence electrons. The predicted molar refractivity (Wildman–Crippen MR) is 44.1 cm³/mol. The number of hydrogen-bond donors (Lipinski definition) is 1. The molecule has 0 saturated heterocycles. The molecule has 0 spiro atoms. The van der Waals surface area contributed by atoms with Crippen LogP contribution in [0.2, 0.25) is 0 Å². The van der Waals surface area contributed by atoms with E-state index in [0.717, 1.165) is 6.07 Å². The minimum Gasteiger partial charge on any atom is -0.392 e. The molecule has 0 amide bonds. The second-order valence-corrected chi connectivity index (χ2v) is 3.05. The quantitative estimate of drug-likeness (QED) is 0.721. The Morgan fingerprint density at radius 1 is 1.42 bits per heavy atom. The van der Waals surface area contributed by atoms with E-state index in [0.29, 0.717) is 4.90 Å². The Balaban J connectivity index is 3.25. The summed E-state index contributed by atoms with van der Waals surface area (Å²) in [6.07, 6.45) is 1.74. The fraction of sp³-hybridized carbons (Fsp3) is 0.250. The minimum absolute atomic E-state index is 0.0301. The van der Waals surface area contributed by atoms with Crippen LogP contribution in [-0.4, -0.2) is 11.4 Å². The Morgan fingerprint density at radius 3 is 2.58 bits per heavy atom. The van der Waals surface area contributed by atoms with Gasteiger partial charge in [0.2, 0.25) is 0 Å². The van der Waals surface area contributed by atoms with Crippen LogP contribution in [0.1, 0.15) is 5.56 Å². The SMILES string of the molecule is CSc1ccc(F)c(F)c1CO. The zero-order valence-corrected chi connectivity index (χ0v) is 7.29. The number of benzene rings is 1. The monoisotopic (exact) mass is 190 g/mol. The molecule has 1 aromatic rings. The summed E-state index contributed by atoms with van der Waals surface area (Å²) in [4.78, 5) is 0.566. The molecule has 0 bridgehead atoms. The average molecular weight is 190 g/mol. The molecule has 0 aliphatic rings. The van der Waals surface area contributed by atoms with Gasteiger partial charge in [-0.05, 0) is 18.4 Å². The lowest BCUT2D eigenvalue weighted by atomic mass is 10.2. The van der Waals surface area contributed by atoms with Crippen molar-refractivity contribution in [2.24, 2.45) is 0 Å². The first-order chi connectivity index (χ1) is 5.70. The van der Waals surface area contributed by atoms with E-state index >= 15 is 0 Å². The second kappa shape index (κ2) is 3.87. The maximum atomic E-state index is 12.9. The zero-order chi connectivity index (χ0) is 9.14. The lowest BCUT2D eigenvalue weighted by molar-refractivity contribution is 0.270. The van der Waals surface area contributed by atoms with Gasteiger partial charge in [-0.2, -0.15) is 0 Å². The van der Waals surface area contributed by atoms with Crippen LogP contribution in [-0.2, 0) is 6.61 Å². The molecule has 0 aliphatic carbocycles. The number of thioether (sulfide) groups is 1. The van der Waals surface area contributed by atoms with Crippen molar-refractivity contribution in [1.29, 1.82) is 0 Å². The highest BCUT2D eigenvalue weighted by Crippen LogP contribution is 2.24. The van der Waals surface area contributed by atoms with Gasteiger partial charge < -0.3 is 5.11 Å². The predicted octanol–water partition coefficient (Wildman–Crippen LogP) is 2.18. The van der Waals surface area contributed by atoms with E-state index in [-0.39, 0.29) is 5.56 Å². The molecule has 4 heteroatoms. The van der Waals surface area contributed by atoms with Gasteiger partial charge in [0.15, 0.2) is 11.6 Å². The normalized spacial score (nSPS) is 10.3. The van der Waals surface area contributed by atoms with Gasteiger partial charge in [-0.25, -0.2) is 8.78 Å². The fourth-order valence-corrected chi connectivity index (χ4v) is 1.52. The molecule has 0 aliphatic heterocycles. The minimum atomic E-state index is -0.954. The topological polar surface area (TPSA) is 20.2 Å². The molecule has 0 aromatic heterocycles. The summed E-state index contributed by atoms with van der Waals surface area (Å²) in [6.45, 7) is -0.472. The number of rotatable bonds is 2. The van der Waals surface area contributed by atoms with Crippen molar-refractivity contribution in [1.82, 2.24) is 0 Å². The van der Waals surface area contributed by atoms with Crippen LogP contribution < -0.4 is 0 Å². The van der Waals surface area contributed by atoms with Gasteiger partial charge in [-0.3, -0.25) is 0 Å². The summed E-state index contributed by atoms with van der Waals surface area (Å²) >= 11 is 1.28. The van der Waals surface area contributed by atoms with Crippen LogP contribution in [0.15, 0.2) is 17.0 Å². The van der Waals surface area contributed by atoms with Crippen LogP contribution in [0.3, 0.4) is 0 Å². The molecule has 12 heavy (non-hydrogen) atoms. The Hall–Kier alpha value is -0.610. The molecule has 0 saturated carbocycles. The van der Waals surface area contributed by atoms with Gasteiger partial charge in [0.1, 0.15) is 0 Å². The highest BCUT2D eigenvalue weighted by Gasteiger charge is 2.11. The van der Waals surface area contributed by atoms with Crippen molar-refractivity contribution < 1.29 is 13.9 Å². The average Bonchev–Trinajstić information content (AvgIpc) is 2.09. The van der Waals surface area contributed by atoms with Crippen molar-refractivity contribution >= 4 is 11.8 Å². The summed E-state index contributed by atoms with van der Waals surface area (Å²) in [5.41, 5.74) is 0.0301. The highest BCUT2D eigenvalue weighted by atomic mass is 32.2. The Morgan fingerprint density at radius 2 is 2.08 bits per heavy atom. The number of aliphatic hydroxyl groups is 1. The molecular formula is C8H8F2OS. The van der Waals surface area contributed by atoms with Gasteiger partial charge in [-0.15, -0.1) is 11.8 Å². The third-order valence-corrected chi connectivity index (χ3v) is 2.35.